The number of aromatic amines is 1. The van der Waals surface area contributed by atoms with Crippen LogP contribution < -0.4 is 5.32 Å². The average Bonchev–Trinajstić information content (AvgIpc) is 3.15. The first-order valence-electron chi connectivity index (χ1n) is 7.62. The zero-order valence-electron chi connectivity index (χ0n) is 13.3. The fourth-order valence-corrected chi connectivity index (χ4v) is 3.47. The zero-order chi connectivity index (χ0) is 17.4. The molecule has 8 heteroatoms. The quantitative estimate of drug-likeness (QED) is 0.533. The summed E-state index contributed by atoms with van der Waals surface area (Å²) >= 11 is 7.43. The normalized spacial score (nSPS) is 11.3. The lowest BCUT2D eigenvalue weighted by molar-refractivity contribution is -0.113. The minimum atomic E-state index is -0.120. The molecule has 0 aliphatic carbocycles. The highest BCUT2D eigenvalue weighted by Crippen LogP contribution is 2.24. The van der Waals surface area contributed by atoms with Crippen LogP contribution in [-0.2, 0) is 4.79 Å². The Morgan fingerprint density at radius 1 is 1.32 bits per heavy atom. The number of anilines is 1. The minimum absolute atomic E-state index is 0.120. The summed E-state index contributed by atoms with van der Waals surface area (Å²) in [6.07, 6.45) is 0. The maximum absolute atomic E-state index is 12.2. The Balaban J connectivity index is 1.50. The number of imidazole rings is 1. The van der Waals surface area contributed by atoms with Crippen molar-refractivity contribution in [1.82, 2.24) is 19.6 Å². The van der Waals surface area contributed by atoms with E-state index >= 15 is 0 Å². The van der Waals surface area contributed by atoms with Gasteiger partial charge in [0.05, 0.1) is 16.8 Å². The Hall–Kier alpha value is -2.51. The third-order valence-corrected chi connectivity index (χ3v) is 5.14. The summed E-state index contributed by atoms with van der Waals surface area (Å²) in [6.45, 7) is 1.92. The first kappa shape index (κ1) is 16.0. The largest absolute Gasteiger partial charge is 0.325 e. The number of halogens is 1. The lowest BCUT2D eigenvalue weighted by Crippen LogP contribution is -2.14. The number of carbonyl (C=O) groups excluding carboxylic acids is 1. The highest BCUT2D eigenvalue weighted by Gasteiger charge is 2.13. The standard InChI is InChI=1S/C17H14ClN5OS/c1-10-6-7-11(8-12(10)18)19-15(24)9-25-17-22-21-16-20-13-4-2-3-5-14(13)23(16)17/h2-8H,9H2,1H3,(H,19,24)(H,20,21). The molecule has 0 aliphatic rings. The highest BCUT2D eigenvalue weighted by molar-refractivity contribution is 7.99. The molecule has 0 aliphatic heterocycles. The maximum atomic E-state index is 12.2. The van der Waals surface area contributed by atoms with Crippen LogP contribution in [0, 0.1) is 6.92 Å². The number of aromatic nitrogens is 4. The maximum Gasteiger partial charge on any atom is 0.234 e. The number of nitrogens with one attached hydrogen (secondary N) is 2. The van der Waals surface area contributed by atoms with E-state index in [1.54, 1.807) is 6.07 Å². The lowest BCUT2D eigenvalue weighted by atomic mass is 10.2. The average molecular weight is 372 g/mol. The molecule has 0 saturated carbocycles. The molecule has 126 valence electrons. The number of thioether (sulfide) groups is 1. The highest BCUT2D eigenvalue weighted by atomic mass is 35.5. The molecule has 2 heterocycles. The number of benzene rings is 2. The molecule has 0 atom stereocenters. The van der Waals surface area contributed by atoms with Crippen molar-refractivity contribution in [3.8, 4) is 0 Å². The van der Waals surface area contributed by atoms with Gasteiger partial charge in [0.1, 0.15) is 0 Å². The Bertz CT molecular complexity index is 1090. The predicted molar refractivity (Wildman–Crippen MR) is 100 cm³/mol. The van der Waals surface area contributed by atoms with Gasteiger partial charge in [0.25, 0.3) is 0 Å². The van der Waals surface area contributed by atoms with Gasteiger partial charge in [0.2, 0.25) is 11.7 Å². The van der Waals surface area contributed by atoms with Crippen LogP contribution in [0.3, 0.4) is 0 Å². The third-order valence-electron chi connectivity index (χ3n) is 3.79. The van der Waals surface area contributed by atoms with Crippen molar-refractivity contribution in [1.29, 1.82) is 0 Å². The van der Waals surface area contributed by atoms with Crippen molar-refractivity contribution >= 4 is 51.8 Å². The summed E-state index contributed by atoms with van der Waals surface area (Å²) in [5.74, 6) is 0.776. The van der Waals surface area contributed by atoms with Gasteiger partial charge in [-0.3, -0.25) is 9.20 Å². The van der Waals surface area contributed by atoms with Crippen LogP contribution >= 0.6 is 23.4 Å². The van der Waals surface area contributed by atoms with Gasteiger partial charge in [-0.1, -0.05) is 41.6 Å². The van der Waals surface area contributed by atoms with Crippen molar-refractivity contribution in [2.24, 2.45) is 0 Å². The van der Waals surface area contributed by atoms with E-state index in [1.165, 1.54) is 11.8 Å². The van der Waals surface area contributed by atoms with E-state index in [1.807, 2.05) is 47.7 Å². The Morgan fingerprint density at radius 2 is 2.16 bits per heavy atom. The number of nitrogens with zero attached hydrogens (tertiary/aromatic N) is 3. The molecule has 0 saturated heterocycles. The molecule has 2 aromatic heterocycles. The molecular formula is C17H14ClN5OS. The van der Waals surface area contributed by atoms with Crippen molar-refractivity contribution in [3.05, 3.63) is 53.1 Å². The number of H-pyrrole nitrogens is 1. The second-order valence-electron chi connectivity index (χ2n) is 5.57. The molecule has 2 aromatic carbocycles. The monoisotopic (exact) mass is 371 g/mol. The van der Waals surface area contributed by atoms with E-state index in [9.17, 15) is 4.79 Å². The van der Waals surface area contributed by atoms with Crippen LogP contribution in [0.1, 0.15) is 5.56 Å². The van der Waals surface area contributed by atoms with Gasteiger partial charge in [-0.05, 0) is 36.8 Å². The molecule has 0 spiro atoms. The Morgan fingerprint density at radius 3 is 3.00 bits per heavy atom. The van der Waals surface area contributed by atoms with Crippen LogP contribution in [0.2, 0.25) is 5.02 Å². The van der Waals surface area contributed by atoms with Crippen LogP contribution in [0.15, 0.2) is 47.6 Å². The number of aryl methyl sites for hydroxylation is 1. The molecule has 0 unspecified atom stereocenters. The molecular weight excluding hydrogens is 358 g/mol. The number of fused-ring (bicyclic) bond motifs is 3. The topological polar surface area (TPSA) is 75.1 Å². The van der Waals surface area contributed by atoms with Gasteiger partial charge in [-0.2, -0.15) is 0 Å². The van der Waals surface area contributed by atoms with Crippen molar-refractivity contribution in [2.45, 2.75) is 12.1 Å². The molecule has 4 rings (SSSR count). The fraction of sp³-hybridized carbons (Fsp3) is 0.118. The van der Waals surface area contributed by atoms with Gasteiger partial charge in [-0.25, -0.2) is 10.1 Å². The second kappa shape index (κ2) is 6.42. The zero-order valence-corrected chi connectivity index (χ0v) is 14.9. The molecule has 0 fully saturated rings. The molecule has 6 nitrogen and oxygen atoms in total. The van der Waals surface area contributed by atoms with Gasteiger partial charge in [-0.15, -0.1) is 5.10 Å². The SMILES string of the molecule is Cc1ccc(NC(=O)CSc2n[nH]c3nc4ccccc4n23)cc1Cl. The first-order valence-corrected chi connectivity index (χ1v) is 8.98. The molecule has 4 aromatic rings. The van der Waals surface area contributed by atoms with Gasteiger partial charge in [0.15, 0.2) is 5.16 Å². The minimum Gasteiger partial charge on any atom is -0.325 e. The number of hydrogen-bond acceptors (Lipinski definition) is 4. The number of hydrogen-bond donors (Lipinski definition) is 2. The van der Waals surface area contributed by atoms with E-state index in [-0.39, 0.29) is 11.7 Å². The smallest absolute Gasteiger partial charge is 0.234 e. The predicted octanol–water partition coefficient (Wildman–Crippen LogP) is 3.90. The number of para-hydroxylation sites is 2. The third kappa shape index (κ3) is 3.08. The summed E-state index contributed by atoms with van der Waals surface area (Å²) in [4.78, 5) is 16.7. The Kier molecular flexibility index (Phi) is 4.10. The lowest BCUT2D eigenvalue weighted by Gasteiger charge is -2.06. The summed E-state index contributed by atoms with van der Waals surface area (Å²) < 4.78 is 1.91. The summed E-state index contributed by atoms with van der Waals surface area (Å²) in [6, 6.07) is 13.3. The molecule has 25 heavy (non-hydrogen) atoms. The summed E-state index contributed by atoms with van der Waals surface area (Å²) in [7, 11) is 0. The van der Waals surface area contributed by atoms with Crippen LogP contribution in [0.25, 0.3) is 16.8 Å². The van der Waals surface area contributed by atoms with Crippen molar-refractivity contribution in [2.75, 3.05) is 11.1 Å². The number of carbonyl (C=O) groups is 1. The van der Waals surface area contributed by atoms with E-state index in [2.05, 4.69) is 20.5 Å². The van der Waals surface area contributed by atoms with E-state index < -0.39 is 0 Å². The van der Waals surface area contributed by atoms with Crippen LogP contribution in [0.5, 0.6) is 0 Å². The fourth-order valence-electron chi connectivity index (χ4n) is 2.54. The van der Waals surface area contributed by atoms with Gasteiger partial charge in [0, 0.05) is 10.7 Å². The number of rotatable bonds is 4. The summed E-state index contributed by atoms with van der Waals surface area (Å²) in [5.41, 5.74) is 3.50. The van der Waals surface area contributed by atoms with Gasteiger partial charge < -0.3 is 5.32 Å². The van der Waals surface area contributed by atoms with Crippen molar-refractivity contribution < 1.29 is 4.79 Å². The van der Waals surface area contributed by atoms with E-state index in [0.29, 0.717) is 21.6 Å². The number of amides is 1. The summed E-state index contributed by atoms with van der Waals surface area (Å²) in [5, 5.41) is 11.3. The molecule has 0 radical (unpaired) electrons. The second-order valence-corrected chi connectivity index (χ2v) is 6.92. The Labute approximate surface area is 152 Å². The van der Waals surface area contributed by atoms with Crippen LogP contribution in [-0.4, -0.2) is 31.2 Å². The van der Waals surface area contributed by atoms with Crippen molar-refractivity contribution in [3.63, 3.8) is 0 Å². The molecule has 2 N–H and O–H groups in total. The van der Waals surface area contributed by atoms with Crippen LogP contribution in [0.4, 0.5) is 5.69 Å². The molecule has 0 bridgehead atoms. The van der Waals surface area contributed by atoms with Gasteiger partial charge >= 0.3 is 0 Å². The first-order chi connectivity index (χ1) is 12.1. The van der Waals surface area contributed by atoms with E-state index in [0.717, 1.165) is 16.6 Å². The molecule has 1 amide bonds. The van der Waals surface area contributed by atoms with E-state index in [4.69, 9.17) is 11.6 Å².